The summed E-state index contributed by atoms with van der Waals surface area (Å²) in [5, 5.41) is 9.09. The third-order valence-corrected chi connectivity index (χ3v) is 6.82. The second kappa shape index (κ2) is 6.25. The number of thiophene rings is 1. The van der Waals surface area contributed by atoms with E-state index in [9.17, 15) is 13.2 Å². The van der Waals surface area contributed by atoms with Gasteiger partial charge in [0.2, 0.25) is 0 Å². The summed E-state index contributed by atoms with van der Waals surface area (Å²) in [4.78, 5) is 11.2. The van der Waals surface area contributed by atoms with E-state index < -0.39 is 16.0 Å². The minimum atomic E-state index is -3.93. The number of carboxylic acid groups (broad SMARTS) is 1. The van der Waals surface area contributed by atoms with E-state index in [2.05, 4.69) is 36.6 Å². The summed E-state index contributed by atoms with van der Waals surface area (Å²) < 4.78 is 27.9. The number of rotatable bonds is 4. The van der Waals surface area contributed by atoms with Gasteiger partial charge in [-0.25, -0.2) is 13.2 Å². The predicted molar refractivity (Wildman–Crippen MR) is 88.9 cm³/mol. The average Bonchev–Trinajstić information content (AvgIpc) is 2.68. The normalized spacial score (nSPS) is 11.4. The lowest BCUT2D eigenvalue weighted by Gasteiger charge is -2.11. The first-order valence-corrected chi connectivity index (χ1v) is 9.48. The molecule has 5 nitrogen and oxygen atoms in total. The average molecular weight is 476 g/mol. The number of carbonyl (C=O) groups is 1. The zero-order valence-corrected chi connectivity index (χ0v) is 15.5. The highest BCUT2D eigenvalue weighted by Crippen LogP contribution is 2.36. The third-order valence-electron chi connectivity index (χ3n) is 2.39. The Bertz CT molecular complexity index is 820. The highest BCUT2D eigenvalue weighted by Gasteiger charge is 2.24. The van der Waals surface area contributed by atoms with Gasteiger partial charge >= 0.3 is 5.97 Å². The van der Waals surface area contributed by atoms with Crippen LogP contribution in [0, 0.1) is 0 Å². The summed E-state index contributed by atoms with van der Waals surface area (Å²) in [6.45, 7) is 0. The van der Waals surface area contributed by atoms with E-state index in [-0.39, 0.29) is 21.2 Å². The zero-order chi connectivity index (χ0) is 15.8. The van der Waals surface area contributed by atoms with Crippen LogP contribution in [0.2, 0.25) is 5.02 Å². The van der Waals surface area contributed by atoms with Crippen molar-refractivity contribution in [3.05, 3.63) is 42.4 Å². The predicted octanol–water partition coefficient (Wildman–Crippen LogP) is 4.43. The van der Waals surface area contributed by atoms with Gasteiger partial charge in [-0.15, -0.1) is 11.3 Å². The molecule has 2 N–H and O–H groups in total. The fourth-order valence-electron chi connectivity index (χ4n) is 1.53. The first kappa shape index (κ1) is 16.8. The van der Waals surface area contributed by atoms with Gasteiger partial charge in [0.1, 0.15) is 10.5 Å². The van der Waals surface area contributed by atoms with E-state index in [1.807, 2.05) is 0 Å². The molecule has 0 fully saturated rings. The molecule has 0 aliphatic rings. The maximum atomic E-state index is 12.3. The molecule has 0 aliphatic carbocycles. The van der Waals surface area contributed by atoms with Crippen LogP contribution < -0.4 is 4.72 Å². The maximum absolute atomic E-state index is 12.3. The molecule has 1 aromatic heterocycles. The molecule has 0 saturated heterocycles. The molecule has 1 aromatic carbocycles. The molecule has 0 radical (unpaired) electrons. The van der Waals surface area contributed by atoms with E-state index in [0.29, 0.717) is 7.57 Å². The Morgan fingerprint density at radius 1 is 1.33 bits per heavy atom. The SMILES string of the molecule is O=C(O)c1c(Cl)cccc1NS(=O)(=O)c1cc(Br)sc1Br. The van der Waals surface area contributed by atoms with Gasteiger partial charge in [-0.05, 0) is 50.1 Å². The molecule has 112 valence electrons. The fourth-order valence-corrected chi connectivity index (χ4v) is 6.67. The summed E-state index contributed by atoms with van der Waals surface area (Å²) in [7, 11) is -3.93. The van der Waals surface area contributed by atoms with Crippen molar-refractivity contribution in [2.24, 2.45) is 0 Å². The Morgan fingerprint density at radius 3 is 2.52 bits per heavy atom. The third kappa shape index (κ3) is 3.59. The second-order valence-corrected chi connectivity index (χ2v) is 9.57. The van der Waals surface area contributed by atoms with Gasteiger partial charge < -0.3 is 5.11 Å². The Hall–Kier alpha value is -0.610. The van der Waals surface area contributed by atoms with Gasteiger partial charge in [0.25, 0.3) is 10.0 Å². The first-order chi connectivity index (χ1) is 9.72. The summed E-state index contributed by atoms with van der Waals surface area (Å²) in [6.07, 6.45) is 0. The lowest BCUT2D eigenvalue weighted by Crippen LogP contribution is -2.15. The molecule has 0 saturated carbocycles. The van der Waals surface area contributed by atoms with Crippen LogP contribution in [0.3, 0.4) is 0 Å². The maximum Gasteiger partial charge on any atom is 0.339 e. The number of hydrogen-bond acceptors (Lipinski definition) is 4. The Balaban J connectivity index is 2.50. The van der Waals surface area contributed by atoms with Crippen molar-refractivity contribution in [2.45, 2.75) is 4.90 Å². The van der Waals surface area contributed by atoms with Crippen molar-refractivity contribution in [3.63, 3.8) is 0 Å². The number of hydrogen-bond donors (Lipinski definition) is 2. The molecule has 2 rings (SSSR count). The van der Waals surface area contributed by atoms with Gasteiger partial charge in [0.05, 0.1) is 18.3 Å². The summed E-state index contributed by atoms with van der Waals surface area (Å²) in [5.41, 5.74) is -0.391. The largest absolute Gasteiger partial charge is 0.478 e. The standard InChI is InChI=1S/C11H6Br2ClNO4S2/c12-8-4-7(10(13)20-8)21(18,19)15-6-3-1-2-5(14)9(6)11(16)17/h1-4,15H,(H,16,17). The van der Waals surface area contributed by atoms with Gasteiger partial charge in [-0.3, -0.25) is 4.72 Å². The minimum Gasteiger partial charge on any atom is -0.478 e. The van der Waals surface area contributed by atoms with Crippen LogP contribution in [0.5, 0.6) is 0 Å². The van der Waals surface area contributed by atoms with Crippen LogP contribution in [0.4, 0.5) is 5.69 Å². The second-order valence-electron chi connectivity index (χ2n) is 3.76. The van der Waals surface area contributed by atoms with Crippen molar-refractivity contribution in [3.8, 4) is 0 Å². The van der Waals surface area contributed by atoms with Gasteiger partial charge in [-0.2, -0.15) is 0 Å². The summed E-state index contributed by atoms with van der Waals surface area (Å²) >= 11 is 13.3. The molecule has 0 bridgehead atoms. The fraction of sp³-hybridized carbons (Fsp3) is 0. The van der Waals surface area contributed by atoms with Gasteiger partial charge in [0, 0.05) is 0 Å². The molecule has 21 heavy (non-hydrogen) atoms. The van der Waals surface area contributed by atoms with Crippen molar-refractivity contribution >= 4 is 76.5 Å². The van der Waals surface area contributed by atoms with Crippen LogP contribution >= 0.6 is 54.8 Å². The van der Waals surface area contributed by atoms with E-state index in [1.165, 1.54) is 35.6 Å². The van der Waals surface area contributed by atoms with E-state index >= 15 is 0 Å². The summed E-state index contributed by atoms with van der Waals surface area (Å²) in [6, 6.07) is 5.59. The lowest BCUT2D eigenvalue weighted by atomic mass is 10.2. The van der Waals surface area contributed by atoms with Crippen LogP contribution in [0.15, 0.2) is 36.7 Å². The smallest absolute Gasteiger partial charge is 0.339 e. The van der Waals surface area contributed by atoms with Crippen molar-refractivity contribution in [1.29, 1.82) is 0 Å². The van der Waals surface area contributed by atoms with E-state index in [1.54, 1.807) is 0 Å². The number of anilines is 1. The highest BCUT2D eigenvalue weighted by molar-refractivity contribution is 9.12. The minimum absolute atomic E-state index is 0.00990. The van der Waals surface area contributed by atoms with E-state index in [0.717, 1.165) is 0 Å². The zero-order valence-electron chi connectivity index (χ0n) is 9.93. The molecular weight excluding hydrogens is 470 g/mol. The van der Waals surface area contributed by atoms with Crippen LogP contribution in [-0.2, 0) is 10.0 Å². The molecule has 0 amide bonds. The molecule has 0 aliphatic heterocycles. The van der Waals surface area contributed by atoms with Crippen LogP contribution in [0.1, 0.15) is 10.4 Å². The lowest BCUT2D eigenvalue weighted by molar-refractivity contribution is 0.0698. The Morgan fingerprint density at radius 2 is 2.00 bits per heavy atom. The molecule has 0 spiro atoms. The van der Waals surface area contributed by atoms with Crippen molar-refractivity contribution < 1.29 is 18.3 Å². The summed E-state index contributed by atoms with van der Waals surface area (Å²) in [5.74, 6) is -1.32. The number of aromatic carboxylic acids is 1. The molecule has 2 aromatic rings. The molecule has 0 unspecified atom stereocenters. The number of carboxylic acids is 1. The monoisotopic (exact) mass is 473 g/mol. The first-order valence-electron chi connectivity index (χ1n) is 5.22. The van der Waals surface area contributed by atoms with Gasteiger partial charge in [-0.1, -0.05) is 17.7 Å². The number of halogens is 3. The highest BCUT2D eigenvalue weighted by atomic mass is 79.9. The van der Waals surface area contributed by atoms with Crippen molar-refractivity contribution in [2.75, 3.05) is 4.72 Å². The molecular formula is C11H6Br2ClNO4S2. The van der Waals surface area contributed by atoms with Crippen LogP contribution in [-0.4, -0.2) is 19.5 Å². The Kier molecular flexibility index (Phi) is 4.99. The molecule has 1 heterocycles. The van der Waals surface area contributed by atoms with Gasteiger partial charge in [0.15, 0.2) is 0 Å². The number of sulfonamides is 1. The Labute approximate surface area is 146 Å². The van der Waals surface area contributed by atoms with Crippen molar-refractivity contribution in [1.82, 2.24) is 0 Å². The molecule has 10 heteroatoms. The topological polar surface area (TPSA) is 83.5 Å². The molecule has 0 atom stereocenters. The quantitative estimate of drug-likeness (QED) is 0.686. The van der Waals surface area contributed by atoms with Crippen LogP contribution in [0.25, 0.3) is 0 Å². The number of benzene rings is 1. The van der Waals surface area contributed by atoms with E-state index in [4.69, 9.17) is 16.7 Å². The number of nitrogens with one attached hydrogen (secondary N) is 1.